The van der Waals surface area contributed by atoms with Gasteiger partial charge >= 0.3 is 5.97 Å². The lowest BCUT2D eigenvalue weighted by Crippen LogP contribution is -2.25. The average molecular weight is 412 g/mol. The van der Waals surface area contributed by atoms with E-state index < -0.39 is 18.5 Å². The lowest BCUT2D eigenvalue weighted by atomic mass is 10.0. The minimum Gasteiger partial charge on any atom is -0.483 e. The van der Waals surface area contributed by atoms with Crippen LogP contribution in [0, 0.1) is 0 Å². The summed E-state index contributed by atoms with van der Waals surface area (Å²) in [4.78, 5) is 34.9. The van der Waals surface area contributed by atoms with Crippen molar-refractivity contribution in [1.82, 2.24) is 0 Å². The number of hydrogen-bond donors (Lipinski definition) is 2. The lowest BCUT2D eigenvalue weighted by Gasteiger charge is -2.18. The summed E-state index contributed by atoms with van der Waals surface area (Å²) in [6.07, 6.45) is 0.760. The summed E-state index contributed by atoms with van der Waals surface area (Å²) >= 11 is 0. The van der Waals surface area contributed by atoms with Crippen molar-refractivity contribution in [3.8, 4) is 11.5 Å². The number of rotatable bonds is 7. The Labute approximate surface area is 174 Å². The van der Waals surface area contributed by atoms with E-state index in [2.05, 4.69) is 10.6 Å². The molecule has 0 unspecified atom stereocenters. The summed E-state index contributed by atoms with van der Waals surface area (Å²) < 4.78 is 16.4. The van der Waals surface area contributed by atoms with Crippen LogP contribution in [0.3, 0.4) is 0 Å². The molecule has 2 aromatic rings. The molecule has 0 fully saturated rings. The Morgan fingerprint density at radius 1 is 1.00 bits per heavy atom. The fourth-order valence-corrected chi connectivity index (χ4v) is 3.06. The Kier molecular flexibility index (Phi) is 6.25. The molecule has 30 heavy (non-hydrogen) atoms. The molecule has 1 heterocycles. The average Bonchev–Trinajstić information content (AvgIpc) is 3.00. The predicted molar refractivity (Wildman–Crippen MR) is 111 cm³/mol. The molecule has 0 aromatic heterocycles. The molecule has 2 aromatic carbocycles. The molecule has 0 saturated carbocycles. The maximum absolute atomic E-state index is 12.0. The molecule has 2 amide bonds. The van der Waals surface area contributed by atoms with Crippen LogP contribution in [0.4, 0.5) is 11.4 Å². The normalized spacial score (nSPS) is 13.6. The second-order valence-electron chi connectivity index (χ2n) is 7.54. The van der Waals surface area contributed by atoms with Crippen LogP contribution in [0.15, 0.2) is 42.5 Å². The third kappa shape index (κ3) is 5.73. The van der Waals surface area contributed by atoms with Crippen LogP contribution < -0.4 is 20.1 Å². The van der Waals surface area contributed by atoms with Crippen LogP contribution in [0.1, 0.15) is 26.3 Å². The summed E-state index contributed by atoms with van der Waals surface area (Å²) in [5.41, 5.74) is 1.83. The van der Waals surface area contributed by atoms with Crippen molar-refractivity contribution >= 4 is 29.2 Å². The zero-order valence-corrected chi connectivity index (χ0v) is 17.1. The molecular formula is C22H24N2O6. The van der Waals surface area contributed by atoms with E-state index in [0.29, 0.717) is 22.9 Å². The number of anilines is 2. The van der Waals surface area contributed by atoms with Crippen LogP contribution >= 0.6 is 0 Å². The van der Waals surface area contributed by atoms with Crippen LogP contribution in [-0.4, -0.2) is 36.6 Å². The SMILES string of the molecule is CC(=O)Nc1ccc(NC(=O)COC(=O)COc2cccc3c2OC(C)(C)C3)cc1. The highest BCUT2D eigenvalue weighted by atomic mass is 16.6. The molecule has 0 aliphatic carbocycles. The van der Waals surface area contributed by atoms with Crippen molar-refractivity contribution < 1.29 is 28.6 Å². The number of fused-ring (bicyclic) bond motifs is 1. The number of benzene rings is 2. The number of ether oxygens (including phenoxy) is 3. The van der Waals surface area contributed by atoms with Crippen LogP contribution in [0.2, 0.25) is 0 Å². The minimum absolute atomic E-state index is 0.184. The molecule has 0 saturated heterocycles. The maximum atomic E-state index is 12.0. The van der Waals surface area contributed by atoms with E-state index in [-0.39, 0.29) is 18.1 Å². The van der Waals surface area contributed by atoms with Gasteiger partial charge in [-0.3, -0.25) is 9.59 Å². The highest BCUT2D eigenvalue weighted by Gasteiger charge is 2.32. The minimum atomic E-state index is -0.666. The van der Waals surface area contributed by atoms with E-state index in [1.54, 1.807) is 30.3 Å². The van der Waals surface area contributed by atoms with Gasteiger partial charge in [-0.05, 0) is 44.2 Å². The van der Waals surface area contributed by atoms with Crippen molar-refractivity contribution in [2.75, 3.05) is 23.8 Å². The Morgan fingerprint density at radius 3 is 2.33 bits per heavy atom. The highest BCUT2D eigenvalue weighted by molar-refractivity contribution is 5.93. The molecule has 1 aliphatic heterocycles. The third-order valence-corrected chi connectivity index (χ3v) is 4.25. The zero-order chi connectivity index (χ0) is 21.7. The second-order valence-corrected chi connectivity index (χ2v) is 7.54. The van der Waals surface area contributed by atoms with E-state index in [0.717, 1.165) is 12.0 Å². The predicted octanol–water partition coefficient (Wildman–Crippen LogP) is 2.92. The quantitative estimate of drug-likeness (QED) is 0.678. The Bertz CT molecular complexity index is 953. The molecule has 0 bridgehead atoms. The van der Waals surface area contributed by atoms with E-state index in [9.17, 15) is 14.4 Å². The lowest BCUT2D eigenvalue weighted by molar-refractivity contribution is -0.149. The van der Waals surface area contributed by atoms with E-state index >= 15 is 0 Å². The van der Waals surface area contributed by atoms with Gasteiger partial charge in [0.15, 0.2) is 24.7 Å². The first kappa shape index (κ1) is 21.2. The largest absolute Gasteiger partial charge is 0.483 e. The van der Waals surface area contributed by atoms with Crippen LogP contribution in [0.25, 0.3) is 0 Å². The fraction of sp³-hybridized carbons (Fsp3) is 0.318. The smallest absolute Gasteiger partial charge is 0.344 e. The van der Waals surface area contributed by atoms with Gasteiger partial charge in [0.2, 0.25) is 5.91 Å². The molecule has 1 aliphatic rings. The van der Waals surface area contributed by atoms with Gasteiger partial charge in [0, 0.05) is 30.3 Å². The van der Waals surface area contributed by atoms with Crippen molar-refractivity contribution in [2.24, 2.45) is 0 Å². The van der Waals surface area contributed by atoms with Crippen molar-refractivity contribution in [3.05, 3.63) is 48.0 Å². The summed E-state index contributed by atoms with van der Waals surface area (Å²) in [6.45, 7) is 4.60. The molecule has 2 N–H and O–H groups in total. The molecule has 8 nitrogen and oxygen atoms in total. The van der Waals surface area contributed by atoms with Crippen LogP contribution in [-0.2, 0) is 25.5 Å². The summed E-state index contributed by atoms with van der Waals surface area (Å²) in [5.74, 6) is -0.228. The maximum Gasteiger partial charge on any atom is 0.344 e. The van der Waals surface area contributed by atoms with Crippen LogP contribution in [0.5, 0.6) is 11.5 Å². The van der Waals surface area contributed by atoms with Gasteiger partial charge in [0.25, 0.3) is 5.91 Å². The Hall–Kier alpha value is -3.55. The first-order valence-electron chi connectivity index (χ1n) is 9.49. The summed E-state index contributed by atoms with van der Waals surface area (Å²) in [6, 6.07) is 12.1. The standard InChI is InChI=1S/C22H24N2O6/c1-14(25)23-16-7-9-17(10-8-16)24-19(26)12-29-20(27)13-28-18-6-4-5-15-11-22(2,3)30-21(15)18/h4-10H,11-13H2,1-3H3,(H,23,25)(H,24,26). The van der Waals surface area contributed by atoms with Gasteiger partial charge in [-0.25, -0.2) is 4.79 Å². The molecule has 0 radical (unpaired) electrons. The number of hydrogen-bond acceptors (Lipinski definition) is 6. The van der Waals surface area contributed by atoms with E-state index in [4.69, 9.17) is 14.2 Å². The number of esters is 1. The highest BCUT2D eigenvalue weighted by Crippen LogP contribution is 2.41. The van der Waals surface area contributed by atoms with E-state index in [1.807, 2.05) is 26.0 Å². The number of carbonyl (C=O) groups is 3. The molecular weight excluding hydrogens is 388 g/mol. The summed E-state index contributed by atoms with van der Waals surface area (Å²) in [5, 5.41) is 5.23. The van der Waals surface area contributed by atoms with Gasteiger partial charge in [-0.1, -0.05) is 12.1 Å². The molecule has 0 spiro atoms. The van der Waals surface area contributed by atoms with Crippen molar-refractivity contribution in [2.45, 2.75) is 32.8 Å². The van der Waals surface area contributed by atoms with E-state index in [1.165, 1.54) is 6.92 Å². The summed E-state index contributed by atoms with van der Waals surface area (Å²) in [7, 11) is 0. The number of para-hydroxylation sites is 1. The van der Waals surface area contributed by atoms with Gasteiger partial charge < -0.3 is 24.8 Å². The second kappa shape index (κ2) is 8.86. The fourth-order valence-electron chi connectivity index (χ4n) is 3.06. The topological polar surface area (TPSA) is 103 Å². The molecule has 8 heteroatoms. The van der Waals surface area contributed by atoms with Crippen molar-refractivity contribution in [1.29, 1.82) is 0 Å². The van der Waals surface area contributed by atoms with Gasteiger partial charge in [-0.15, -0.1) is 0 Å². The zero-order valence-electron chi connectivity index (χ0n) is 17.1. The number of carbonyl (C=O) groups excluding carboxylic acids is 3. The first-order chi connectivity index (χ1) is 14.2. The molecule has 0 atom stereocenters. The van der Waals surface area contributed by atoms with Crippen molar-refractivity contribution in [3.63, 3.8) is 0 Å². The van der Waals surface area contributed by atoms with Gasteiger partial charge in [0.1, 0.15) is 5.60 Å². The molecule has 3 rings (SSSR count). The Morgan fingerprint density at radius 2 is 1.67 bits per heavy atom. The monoisotopic (exact) mass is 412 g/mol. The third-order valence-electron chi connectivity index (χ3n) is 4.25. The van der Waals surface area contributed by atoms with Gasteiger partial charge in [-0.2, -0.15) is 0 Å². The van der Waals surface area contributed by atoms with Gasteiger partial charge in [0.05, 0.1) is 0 Å². The first-order valence-corrected chi connectivity index (χ1v) is 9.49. The number of nitrogens with one attached hydrogen (secondary N) is 2. The Balaban J connectivity index is 1.44. The molecule has 158 valence electrons. The number of amides is 2.